The van der Waals surface area contributed by atoms with Gasteiger partial charge in [-0.25, -0.2) is 4.98 Å². The Morgan fingerprint density at radius 1 is 1.55 bits per heavy atom. The molecule has 106 valence electrons. The summed E-state index contributed by atoms with van der Waals surface area (Å²) in [7, 11) is 0. The first-order chi connectivity index (χ1) is 9.70. The van der Waals surface area contributed by atoms with Gasteiger partial charge in [0.2, 0.25) is 0 Å². The van der Waals surface area contributed by atoms with Gasteiger partial charge in [0.25, 0.3) is 0 Å². The van der Waals surface area contributed by atoms with E-state index in [4.69, 9.17) is 4.74 Å². The van der Waals surface area contributed by atoms with Gasteiger partial charge in [-0.1, -0.05) is 5.21 Å². The summed E-state index contributed by atoms with van der Waals surface area (Å²) in [5.41, 5.74) is 1.87. The third-order valence-corrected chi connectivity index (χ3v) is 5.15. The van der Waals surface area contributed by atoms with Gasteiger partial charge in [0, 0.05) is 19.1 Å². The molecule has 1 fully saturated rings. The molecule has 0 amide bonds. The van der Waals surface area contributed by atoms with Crippen molar-refractivity contribution in [1.82, 2.24) is 20.0 Å². The molecule has 0 N–H and O–H groups in total. The minimum absolute atomic E-state index is 0.561. The first kappa shape index (κ1) is 13.9. The van der Waals surface area contributed by atoms with Crippen molar-refractivity contribution in [1.29, 1.82) is 0 Å². The van der Waals surface area contributed by atoms with E-state index in [-0.39, 0.29) is 0 Å². The van der Waals surface area contributed by atoms with Gasteiger partial charge < -0.3 is 4.74 Å². The van der Waals surface area contributed by atoms with Crippen molar-refractivity contribution in [2.24, 2.45) is 5.92 Å². The van der Waals surface area contributed by atoms with E-state index in [1.54, 1.807) is 11.3 Å². The lowest BCUT2D eigenvalue weighted by molar-refractivity contribution is 0.181. The molecule has 0 spiro atoms. The summed E-state index contributed by atoms with van der Waals surface area (Å²) in [6.45, 7) is 4.56. The number of aryl methyl sites for hydroxylation is 1. The topological polar surface area (TPSA) is 52.8 Å². The third kappa shape index (κ3) is 3.34. The maximum atomic E-state index is 5.37. The zero-order valence-electron chi connectivity index (χ0n) is 11.1. The maximum absolute atomic E-state index is 5.37. The highest BCUT2D eigenvalue weighted by molar-refractivity contribution is 9.11. The monoisotopic (exact) mass is 354 g/mol. The van der Waals surface area contributed by atoms with E-state index in [0.29, 0.717) is 5.92 Å². The molecule has 0 aromatic carbocycles. The maximum Gasteiger partial charge on any atom is 0.117 e. The van der Waals surface area contributed by atoms with Crippen LogP contribution in [0.25, 0.3) is 12.2 Å². The summed E-state index contributed by atoms with van der Waals surface area (Å²) >= 11 is 5.09. The Balaban J connectivity index is 1.64. The molecule has 1 unspecified atom stereocenters. The number of aromatic nitrogens is 4. The van der Waals surface area contributed by atoms with Crippen LogP contribution in [0, 0.1) is 12.8 Å². The van der Waals surface area contributed by atoms with Crippen molar-refractivity contribution in [3.8, 4) is 0 Å². The minimum Gasteiger partial charge on any atom is -0.381 e. The number of halogens is 1. The van der Waals surface area contributed by atoms with Gasteiger partial charge in [-0.2, -0.15) is 0 Å². The Morgan fingerprint density at radius 3 is 3.15 bits per heavy atom. The molecular formula is C13H15BrN4OS. The molecule has 0 saturated carbocycles. The molecule has 20 heavy (non-hydrogen) atoms. The van der Waals surface area contributed by atoms with Crippen molar-refractivity contribution in [2.75, 3.05) is 13.2 Å². The Morgan fingerprint density at radius 2 is 2.45 bits per heavy atom. The lowest BCUT2D eigenvalue weighted by Crippen LogP contribution is -2.10. The highest BCUT2D eigenvalue weighted by atomic mass is 79.9. The van der Waals surface area contributed by atoms with Crippen molar-refractivity contribution < 1.29 is 4.74 Å². The quantitative estimate of drug-likeness (QED) is 0.846. The van der Waals surface area contributed by atoms with Crippen molar-refractivity contribution in [3.63, 3.8) is 0 Å². The summed E-state index contributed by atoms with van der Waals surface area (Å²) < 4.78 is 8.33. The Kier molecular flexibility index (Phi) is 4.28. The third-order valence-electron chi connectivity index (χ3n) is 3.18. The van der Waals surface area contributed by atoms with Gasteiger partial charge in [0.15, 0.2) is 0 Å². The fourth-order valence-corrected chi connectivity index (χ4v) is 3.38. The Bertz CT molecular complexity index is 596. The molecule has 1 aliphatic rings. The number of ether oxygens (including phenoxy) is 1. The molecule has 0 aliphatic carbocycles. The second-order valence-electron chi connectivity index (χ2n) is 4.84. The number of rotatable bonds is 4. The van der Waals surface area contributed by atoms with Crippen molar-refractivity contribution >= 4 is 39.4 Å². The van der Waals surface area contributed by atoms with Gasteiger partial charge in [-0.05, 0) is 41.4 Å². The molecule has 7 heteroatoms. The molecule has 0 radical (unpaired) electrons. The normalized spacial score (nSPS) is 19.2. The summed E-state index contributed by atoms with van der Waals surface area (Å²) in [6.07, 6.45) is 6.98. The molecule has 3 rings (SSSR count). The second-order valence-corrected chi connectivity index (χ2v) is 7.19. The predicted octanol–water partition coefficient (Wildman–Crippen LogP) is 3.01. The number of thiazole rings is 1. The molecule has 1 saturated heterocycles. The molecule has 2 aromatic heterocycles. The average Bonchev–Trinajstić information content (AvgIpc) is 3.12. The van der Waals surface area contributed by atoms with Gasteiger partial charge in [-0.15, -0.1) is 16.4 Å². The van der Waals surface area contributed by atoms with Gasteiger partial charge >= 0.3 is 0 Å². The average molecular weight is 355 g/mol. The van der Waals surface area contributed by atoms with Crippen molar-refractivity contribution in [2.45, 2.75) is 19.9 Å². The van der Waals surface area contributed by atoms with E-state index >= 15 is 0 Å². The first-order valence-electron chi connectivity index (χ1n) is 6.49. The van der Waals surface area contributed by atoms with Crippen LogP contribution in [0.15, 0.2) is 9.98 Å². The summed E-state index contributed by atoms with van der Waals surface area (Å²) in [6, 6.07) is 0. The summed E-state index contributed by atoms with van der Waals surface area (Å²) in [5, 5.41) is 9.27. The Labute approximate surface area is 129 Å². The highest BCUT2D eigenvalue weighted by Crippen LogP contribution is 2.25. The lowest BCUT2D eigenvalue weighted by Gasteiger charge is -2.05. The van der Waals surface area contributed by atoms with Crippen LogP contribution in [-0.4, -0.2) is 33.2 Å². The van der Waals surface area contributed by atoms with Crippen LogP contribution < -0.4 is 0 Å². The van der Waals surface area contributed by atoms with Crippen LogP contribution in [0.2, 0.25) is 0 Å². The van der Waals surface area contributed by atoms with E-state index < -0.39 is 0 Å². The van der Waals surface area contributed by atoms with E-state index in [9.17, 15) is 0 Å². The predicted molar refractivity (Wildman–Crippen MR) is 82.4 cm³/mol. The second kappa shape index (κ2) is 6.15. The van der Waals surface area contributed by atoms with Gasteiger partial charge in [0.05, 0.1) is 22.3 Å². The molecule has 1 atom stereocenters. The fourth-order valence-electron chi connectivity index (χ4n) is 2.10. The standard InChI is InChI=1S/C13H15BrN4OS/c1-9-13(14)20-12(15-9)3-2-11-7-18(17-16-11)6-10-4-5-19-8-10/h2-3,7,10H,4-6,8H2,1H3. The smallest absolute Gasteiger partial charge is 0.117 e. The zero-order valence-corrected chi connectivity index (χ0v) is 13.5. The molecule has 5 nitrogen and oxygen atoms in total. The van der Waals surface area contributed by atoms with Crippen LogP contribution in [0.5, 0.6) is 0 Å². The molecule has 2 aromatic rings. The van der Waals surface area contributed by atoms with E-state index in [1.165, 1.54) is 0 Å². The zero-order chi connectivity index (χ0) is 13.9. The largest absolute Gasteiger partial charge is 0.381 e. The van der Waals surface area contributed by atoms with Gasteiger partial charge in [-0.3, -0.25) is 4.68 Å². The highest BCUT2D eigenvalue weighted by Gasteiger charge is 2.16. The lowest BCUT2D eigenvalue weighted by atomic mass is 10.1. The molecule has 0 bridgehead atoms. The molecular weight excluding hydrogens is 340 g/mol. The number of hydrogen-bond donors (Lipinski definition) is 0. The Hall–Kier alpha value is -1.05. The van der Waals surface area contributed by atoms with Crippen LogP contribution in [0.1, 0.15) is 22.8 Å². The van der Waals surface area contributed by atoms with E-state index in [1.807, 2.05) is 30.0 Å². The first-order valence-corrected chi connectivity index (χ1v) is 8.10. The fraction of sp³-hybridized carbons (Fsp3) is 0.462. The van der Waals surface area contributed by atoms with E-state index in [2.05, 4.69) is 31.2 Å². The summed E-state index contributed by atoms with van der Waals surface area (Å²) in [4.78, 5) is 4.43. The van der Waals surface area contributed by atoms with E-state index in [0.717, 1.165) is 46.4 Å². The van der Waals surface area contributed by atoms with Crippen LogP contribution >= 0.6 is 27.3 Å². The van der Waals surface area contributed by atoms with Gasteiger partial charge in [0.1, 0.15) is 10.7 Å². The number of hydrogen-bond acceptors (Lipinski definition) is 5. The molecule has 1 aliphatic heterocycles. The van der Waals surface area contributed by atoms with Crippen LogP contribution in [-0.2, 0) is 11.3 Å². The van der Waals surface area contributed by atoms with Crippen LogP contribution in [0.3, 0.4) is 0 Å². The van der Waals surface area contributed by atoms with Crippen molar-refractivity contribution in [3.05, 3.63) is 26.4 Å². The van der Waals surface area contributed by atoms with Crippen LogP contribution in [0.4, 0.5) is 0 Å². The minimum atomic E-state index is 0.561. The number of nitrogens with zero attached hydrogens (tertiary/aromatic N) is 4. The summed E-state index contributed by atoms with van der Waals surface area (Å²) in [5.74, 6) is 0.561. The SMILES string of the molecule is Cc1nc(C=Cc2cn(CC3CCOC3)nn2)sc1Br. The molecule has 3 heterocycles.